The zero-order valence-corrected chi connectivity index (χ0v) is 20.8. The lowest BCUT2D eigenvalue weighted by Gasteiger charge is -2.37. The third-order valence-corrected chi connectivity index (χ3v) is 6.29. The van der Waals surface area contributed by atoms with Crippen molar-refractivity contribution in [3.8, 4) is 0 Å². The molecule has 1 aromatic carbocycles. The van der Waals surface area contributed by atoms with Crippen molar-refractivity contribution in [3.63, 3.8) is 0 Å². The molecule has 2 heterocycles. The molecule has 0 spiro atoms. The van der Waals surface area contributed by atoms with E-state index in [-0.39, 0.29) is 5.54 Å². The number of aromatic nitrogens is 2. The number of benzene rings is 1. The molecule has 5 nitrogen and oxygen atoms in total. The Balaban J connectivity index is 1.45. The number of anilines is 1. The summed E-state index contributed by atoms with van der Waals surface area (Å²) in [5.41, 5.74) is 6.74. The van der Waals surface area contributed by atoms with Crippen molar-refractivity contribution < 1.29 is 0 Å². The number of hydrogen-bond acceptors (Lipinski definition) is 4. The van der Waals surface area contributed by atoms with Crippen molar-refractivity contribution in [2.24, 2.45) is 5.92 Å². The standard InChI is InChI=1S/C26H43N5/c1-20(2)17-24-18-23(28-31(24)26(5,6)7)19-27-11-12-29-13-15-30(16-14-29)25-10-8-9-21(3)22(25)4/h8-10,18,20,27H,11-17,19H2,1-7H3. The van der Waals surface area contributed by atoms with E-state index in [1.54, 1.807) is 0 Å². The predicted octanol–water partition coefficient (Wildman–Crippen LogP) is 4.37. The molecule has 1 aromatic heterocycles. The Labute approximate surface area is 189 Å². The fourth-order valence-corrected chi connectivity index (χ4v) is 4.45. The summed E-state index contributed by atoms with van der Waals surface area (Å²) >= 11 is 0. The Hall–Kier alpha value is -1.85. The van der Waals surface area contributed by atoms with E-state index in [0.29, 0.717) is 5.92 Å². The molecule has 0 aliphatic carbocycles. The van der Waals surface area contributed by atoms with Crippen LogP contribution in [0.15, 0.2) is 24.3 Å². The van der Waals surface area contributed by atoms with Gasteiger partial charge < -0.3 is 10.2 Å². The van der Waals surface area contributed by atoms with Crippen LogP contribution in [0.4, 0.5) is 5.69 Å². The molecule has 5 heteroatoms. The summed E-state index contributed by atoms with van der Waals surface area (Å²) in [6.45, 7) is 23.1. The van der Waals surface area contributed by atoms with E-state index in [9.17, 15) is 0 Å². The van der Waals surface area contributed by atoms with Crippen molar-refractivity contribution >= 4 is 5.69 Å². The summed E-state index contributed by atoms with van der Waals surface area (Å²) in [7, 11) is 0. The van der Waals surface area contributed by atoms with Gasteiger partial charge in [0.15, 0.2) is 0 Å². The highest BCUT2D eigenvalue weighted by atomic mass is 15.3. The zero-order chi connectivity index (χ0) is 22.6. The summed E-state index contributed by atoms with van der Waals surface area (Å²) in [4.78, 5) is 5.12. The highest BCUT2D eigenvalue weighted by Gasteiger charge is 2.21. The van der Waals surface area contributed by atoms with Gasteiger partial charge in [-0.05, 0) is 70.2 Å². The van der Waals surface area contributed by atoms with E-state index in [1.807, 2.05) is 0 Å². The summed E-state index contributed by atoms with van der Waals surface area (Å²) in [6.07, 6.45) is 1.08. The normalized spacial score (nSPS) is 15.8. The Morgan fingerprint density at radius 3 is 2.42 bits per heavy atom. The second-order valence-electron chi connectivity index (χ2n) is 10.5. The van der Waals surface area contributed by atoms with Crippen LogP contribution < -0.4 is 10.2 Å². The Morgan fingerprint density at radius 2 is 1.77 bits per heavy atom. The largest absolute Gasteiger partial charge is 0.369 e. The molecule has 1 saturated heterocycles. The van der Waals surface area contributed by atoms with Crippen LogP contribution in [0, 0.1) is 19.8 Å². The molecule has 3 rings (SSSR count). The molecule has 0 radical (unpaired) electrons. The minimum absolute atomic E-state index is 0.0256. The van der Waals surface area contributed by atoms with Gasteiger partial charge in [0.05, 0.1) is 11.2 Å². The van der Waals surface area contributed by atoms with Crippen LogP contribution in [0.2, 0.25) is 0 Å². The summed E-state index contributed by atoms with van der Waals surface area (Å²) in [5.74, 6) is 0.640. The Kier molecular flexibility index (Phi) is 7.82. The molecule has 1 fully saturated rings. The minimum atomic E-state index is 0.0256. The van der Waals surface area contributed by atoms with E-state index in [4.69, 9.17) is 5.10 Å². The highest BCUT2D eigenvalue weighted by Crippen LogP contribution is 2.24. The van der Waals surface area contributed by atoms with Crippen LogP contribution in [-0.2, 0) is 18.5 Å². The van der Waals surface area contributed by atoms with Crippen molar-refractivity contribution in [1.82, 2.24) is 20.0 Å². The van der Waals surface area contributed by atoms with Crippen LogP contribution in [0.25, 0.3) is 0 Å². The lowest BCUT2D eigenvalue weighted by molar-refractivity contribution is 0.257. The van der Waals surface area contributed by atoms with Crippen molar-refractivity contribution in [2.75, 3.05) is 44.2 Å². The fraction of sp³-hybridized carbons (Fsp3) is 0.654. The van der Waals surface area contributed by atoms with Gasteiger partial charge in [-0.15, -0.1) is 0 Å². The maximum absolute atomic E-state index is 4.91. The van der Waals surface area contributed by atoms with Crippen LogP contribution >= 0.6 is 0 Å². The van der Waals surface area contributed by atoms with E-state index in [2.05, 4.69) is 92.5 Å². The number of piperazine rings is 1. The molecule has 1 aliphatic rings. The zero-order valence-electron chi connectivity index (χ0n) is 20.8. The number of aryl methyl sites for hydroxylation is 1. The summed E-state index contributed by atoms with van der Waals surface area (Å²) < 4.78 is 2.22. The fourth-order valence-electron chi connectivity index (χ4n) is 4.45. The molecule has 0 amide bonds. The first kappa shape index (κ1) is 23.8. The smallest absolute Gasteiger partial charge is 0.0765 e. The Morgan fingerprint density at radius 1 is 1.06 bits per heavy atom. The van der Waals surface area contributed by atoms with E-state index >= 15 is 0 Å². The van der Waals surface area contributed by atoms with Crippen LogP contribution in [0.1, 0.15) is 57.1 Å². The molecule has 0 bridgehead atoms. The lowest BCUT2D eigenvalue weighted by atomic mass is 10.0. The number of hydrogen-bond donors (Lipinski definition) is 1. The van der Waals surface area contributed by atoms with Crippen LogP contribution in [0.3, 0.4) is 0 Å². The number of rotatable bonds is 8. The summed E-state index contributed by atoms with van der Waals surface area (Å²) in [5, 5.41) is 8.53. The molecular weight excluding hydrogens is 382 g/mol. The van der Waals surface area contributed by atoms with Crippen molar-refractivity contribution in [3.05, 3.63) is 46.8 Å². The summed E-state index contributed by atoms with van der Waals surface area (Å²) in [6, 6.07) is 8.95. The predicted molar refractivity (Wildman–Crippen MR) is 132 cm³/mol. The lowest BCUT2D eigenvalue weighted by Crippen LogP contribution is -2.48. The molecular formula is C26H43N5. The van der Waals surface area contributed by atoms with E-state index < -0.39 is 0 Å². The van der Waals surface area contributed by atoms with Crippen molar-refractivity contribution in [2.45, 2.75) is 67.0 Å². The van der Waals surface area contributed by atoms with Gasteiger partial charge in [0.2, 0.25) is 0 Å². The first-order chi connectivity index (χ1) is 14.6. The highest BCUT2D eigenvalue weighted by molar-refractivity contribution is 5.56. The monoisotopic (exact) mass is 425 g/mol. The first-order valence-corrected chi connectivity index (χ1v) is 12.0. The van der Waals surface area contributed by atoms with Gasteiger partial charge in [0.1, 0.15) is 0 Å². The quantitative estimate of drug-likeness (QED) is 0.638. The average Bonchev–Trinajstić information content (AvgIpc) is 3.10. The maximum Gasteiger partial charge on any atom is 0.0765 e. The van der Waals surface area contributed by atoms with Crippen molar-refractivity contribution in [1.29, 1.82) is 0 Å². The molecule has 0 unspecified atom stereocenters. The van der Waals surface area contributed by atoms with Crippen LogP contribution in [0.5, 0.6) is 0 Å². The van der Waals surface area contributed by atoms with Gasteiger partial charge in [-0.1, -0.05) is 26.0 Å². The molecule has 1 aliphatic heterocycles. The number of nitrogens with zero attached hydrogens (tertiary/aromatic N) is 4. The van der Waals surface area contributed by atoms with E-state index in [0.717, 1.165) is 57.9 Å². The third kappa shape index (κ3) is 6.33. The minimum Gasteiger partial charge on any atom is -0.369 e. The van der Waals surface area contributed by atoms with Gasteiger partial charge in [-0.25, -0.2) is 0 Å². The molecule has 31 heavy (non-hydrogen) atoms. The second kappa shape index (κ2) is 10.2. The van der Waals surface area contributed by atoms with Gasteiger partial charge in [0.25, 0.3) is 0 Å². The maximum atomic E-state index is 4.91. The van der Waals surface area contributed by atoms with E-state index in [1.165, 1.54) is 22.5 Å². The molecule has 2 aromatic rings. The third-order valence-electron chi connectivity index (χ3n) is 6.29. The molecule has 172 valence electrons. The molecule has 0 atom stereocenters. The molecule has 0 saturated carbocycles. The molecule has 1 N–H and O–H groups in total. The van der Waals surface area contributed by atoms with Gasteiger partial charge in [-0.3, -0.25) is 9.58 Å². The van der Waals surface area contributed by atoms with Gasteiger partial charge >= 0.3 is 0 Å². The van der Waals surface area contributed by atoms with Gasteiger partial charge in [0, 0.05) is 57.2 Å². The van der Waals surface area contributed by atoms with Gasteiger partial charge in [-0.2, -0.15) is 5.10 Å². The second-order valence-corrected chi connectivity index (χ2v) is 10.5. The SMILES string of the molecule is Cc1cccc(N2CCN(CCNCc3cc(CC(C)C)n(C(C)(C)C)n3)CC2)c1C. The first-order valence-electron chi connectivity index (χ1n) is 12.0. The van der Waals surface area contributed by atoms with Crippen LogP contribution in [-0.4, -0.2) is 53.9 Å². The average molecular weight is 426 g/mol. The Bertz CT molecular complexity index is 838. The topological polar surface area (TPSA) is 36.3 Å². The number of nitrogens with one attached hydrogen (secondary N) is 1.